The van der Waals surface area contributed by atoms with Crippen molar-refractivity contribution in [3.8, 4) is 0 Å². The number of benzene rings is 1. The first-order valence-corrected chi connectivity index (χ1v) is 6.61. The molecule has 0 aliphatic heterocycles. The van der Waals surface area contributed by atoms with Crippen molar-refractivity contribution in [2.24, 2.45) is 0 Å². The van der Waals surface area contributed by atoms with Crippen LogP contribution in [0.1, 0.15) is 5.56 Å². The second-order valence-corrected chi connectivity index (χ2v) is 6.01. The fraction of sp³-hybridized carbons (Fsp3) is 0.143. The van der Waals surface area contributed by atoms with Crippen molar-refractivity contribution in [3.05, 3.63) is 34.9 Å². The minimum Gasteiger partial charge on any atom is -0.739 e. The summed E-state index contributed by atoms with van der Waals surface area (Å²) in [7, 11) is -3.83. The Bertz CT molecular complexity index is 376. The van der Waals surface area contributed by atoms with Crippen LogP contribution in [0, 0.1) is 0 Å². The van der Waals surface area contributed by atoms with E-state index in [-0.39, 0.29) is 35.3 Å². The monoisotopic (exact) mass is 260 g/mol. The molecule has 0 aliphatic carbocycles. The summed E-state index contributed by atoms with van der Waals surface area (Å²) in [4.78, 5) is 0. The Morgan fingerprint density at radius 1 is 1.29 bits per heavy atom. The van der Waals surface area contributed by atoms with Gasteiger partial charge in [-0.05, 0) is 28.5 Å². The molecule has 0 aromatic heterocycles. The standard InChI is InChI=1S/C7H7ClO3S2.Na/c8-7-3-1-6(2-4-7)5-12-13(9,10)11;/h1-4H,5H2,(H,9,10,11);/q;+1/p-1. The molecule has 0 amide bonds. The van der Waals surface area contributed by atoms with Gasteiger partial charge in [0.05, 0.1) is 0 Å². The van der Waals surface area contributed by atoms with Crippen LogP contribution in [0.5, 0.6) is 0 Å². The van der Waals surface area contributed by atoms with Crippen LogP contribution >= 0.6 is 22.4 Å². The summed E-state index contributed by atoms with van der Waals surface area (Å²) in [6.07, 6.45) is 0. The van der Waals surface area contributed by atoms with Gasteiger partial charge in [-0.2, -0.15) is 0 Å². The van der Waals surface area contributed by atoms with E-state index >= 15 is 0 Å². The van der Waals surface area contributed by atoms with Gasteiger partial charge in [0, 0.05) is 10.8 Å². The van der Waals surface area contributed by atoms with Crippen molar-refractivity contribution in [3.63, 3.8) is 0 Å². The smallest absolute Gasteiger partial charge is 0.739 e. The van der Waals surface area contributed by atoms with Crippen LogP contribution in [-0.4, -0.2) is 13.0 Å². The van der Waals surface area contributed by atoms with E-state index in [0.29, 0.717) is 15.8 Å². The quantitative estimate of drug-likeness (QED) is 0.399. The van der Waals surface area contributed by atoms with Gasteiger partial charge in [0.1, 0.15) is 9.15 Å². The van der Waals surface area contributed by atoms with Crippen molar-refractivity contribution in [2.75, 3.05) is 0 Å². The van der Waals surface area contributed by atoms with E-state index in [1.807, 2.05) is 0 Å². The summed E-state index contributed by atoms with van der Waals surface area (Å²) in [6, 6.07) is 6.66. The zero-order valence-corrected chi connectivity index (χ0v) is 11.8. The van der Waals surface area contributed by atoms with Crippen LogP contribution in [0.25, 0.3) is 0 Å². The zero-order valence-electron chi connectivity index (χ0n) is 7.44. The molecule has 0 fully saturated rings. The molecule has 7 heteroatoms. The summed E-state index contributed by atoms with van der Waals surface area (Å²) in [6.45, 7) is 0. The van der Waals surface area contributed by atoms with Gasteiger partial charge in [-0.3, -0.25) is 0 Å². The molecule has 0 aliphatic rings. The minimum absolute atomic E-state index is 0. The van der Waals surface area contributed by atoms with E-state index in [2.05, 4.69) is 0 Å². The fourth-order valence-corrected chi connectivity index (χ4v) is 2.16. The maximum atomic E-state index is 10.3. The molecular formula is C7H6ClNaO3S2. The van der Waals surface area contributed by atoms with Gasteiger partial charge in [0.15, 0.2) is 0 Å². The summed E-state index contributed by atoms with van der Waals surface area (Å²) in [5.41, 5.74) is 0.758. The van der Waals surface area contributed by atoms with Gasteiger partial charge in [-0.25, -0.2) is 8.42 Å². The number of rotatable bonds is 3. The first-order valence-electron chi connectivity index (χ1n) is 3.32. The van der Waals surface area contributed by atoms with Crippen molar-refractivity contribution in [2.45, 2.75) is 5.75 Å². The second-order valence-electron chi connectivity index (χ2n) is 2.30. The van der Waals surface area contributed by atoms with Gasteiger partial charge >= 0.3 is 29.6 Å². The third-order valence-corrected chi connectivity index (χ3v) is 3.49. The van der Waals surface area contributed by atoms with Gasteiger partial charge < -0.3 is 4.55 Å². The van der Waals surface area contributed by atoms with Crippen LogP contribution in [-0.2, 0) is 14.9 Å². The molecule has 1 aromatic rings. The van der Waals surface area contributed by atoms with Gasteiger partial charge in [0.2, 0.25) is 0 Å². The van der Waals surface area contributed by atoms with E-state index in [4.69, 9.17) is 11.6 Å². The zero-order chi connectivity index (χ0) is 9.90. The van der Waals surface area contributed by atoms with Crippen LogP contribution in [0.4, 0.5) is 0 Å². The summed E-state index contributed by atoms with van der Waals surface area (Å²) < 4.78 is 30.8. The van der Waals surface area contributed by atoms with Gasteiger partial charge in [0.25, 0.3) is 0 Å². The molecular weight excluding hydrogens is 255 g/mol. The molecule has 0 heterocycles. The van der Waals surface area contributed by atoms with E-state index in [1.54, 1.807) is 24.3 Å². The molecule has 1 rings (SSSR count). The Morgan fingerprint density at radius 3 is 2.21 bits per heavy atom. The van der Waals surface area contributed by atoms with E-state index in [1.165, 1.54) is 0 Å². The van der Waals surface area contributed by atoms with Crippen LogP contribution in [0.15, 0.2) is 24.3 Å². The molecule has 0 spiro atoms. The third kappa shape index (κ3) is 6.29. The fourth-order valence-electron chi connectivity index (χ4n) is 0.721. The molecule has 0 N–H and O–H groups in total. The van der Waals surface area contributed by atoms with Gasteiger partial charge in [-0.15, -0.1) is 0 Å². The summed E-state index contributed by atoms with van der Waals surface area (Å²) >= 11 is 5.61. The average molecular weight is 261 g/mol. The molecule has 1 aromatic carbocycles. The maximum absolute atomic E-state index is 10.3. The van der Waals surface area contributed by atoms with Crippen LogP contribution in [0.2, 0.25) is 5.02 Å². The van der Waals surface area contributed by atoms with E-state index in [9.17, 15) is 13.0 Å². The number of hydrogen-bond donors (Lipinski definition) is 0. The van der Waals surface area contributed by atoms with E-state index < -0.39 is 9.15 Å². The number of hydrogen-bond acceptors (Lipinski definition) is 4. The normalized spacial score (nSPS) is 10.7. The molecule has 0 atom stereocenters. The SMILES string of the molecule is O=S(=O)([O-])SCc1ccc(Cl)cc1.[Na+]. The maximum Gasteiger partial charge on any atom is 1.00 e. The molecule has 0 saturated heterocycles. The molecule has 0 radical (unpaired) electrons. The first kappa shape index (κ1) is 14.8. The minimum atomic E-state index is -4.20. The molecule has 3 nitrogen and oxygen atoms in total. The predicted molar refractivity (Wildman–Crippen MR) is 52.4 cm³/mol. The Hall–Kier alpha value is 0.770. The third-order valence-electron chi connectivity index (χ3n) is 1.28. The number of halogens is 1. The predicted octanol–water partition coefficient (Wildman–Crippen LogP) is -0.963. The van der Waals surface area contributed by atoms with Crippen molar-refractivity contribution in [1.82, 2.24) is 0 Å². The van der Waals surface area contributed by atoms with Crippen molar-refractivity contribution >= 4 is 31.5 Å². The Kier molecular flexibility index (Phi) is 6.72. The molecule has 72 valence electrons. The first-order chi connectivity index (χ1) is 5.97. The summed E-state index contributed by atoms with van der Waals surface area (Å²) in [5, 5.41) is 0.582. The van der Waals surface area contributed by atoms with Crippen molar-refractivity contribution in [1.29, 1.82) is 0 Å². The Morgan fingerprint density at radius 2 is 1.79 bits per heavy atom. The van der Waals surface area contributed by atoms with Crippen molar-refractivity contribution < 1.29 is 42.5 Å². The summed E-state index contributed by atoms with van der Waals surface area (Å²) in [5.74, 6) is 0.156. The average Bonchev–Trinajstić information content (AvgIpc) is 2.02. The Balaban J connectivity index is 0.00000169. The topological polar surface area (TPSA) is 57.2 Å². The second kappa shape index (κ2) is 6.37. The van der Waals surface area contributed by atoms with Crippen LogP contribution < -0.4 is 29.6 Å². The van der Waals surface area contributed by atoms with Crippen LogP contribution in [0.3, 0.4) is 0 Å². The molecule has 0 unspecified atom stereocenters. The largest absolute Gasteiger partial charge is 1.00 e. The molecule has 0 saturated carbocycles. The van der Waals surface area contributed by atoms with Gasteiger partial charge in [-0.1, -0.05) is 23.7 Å². The molecule has 0 bridgehead atoms. The van der Waals surface area contributed by atoms with E-state index in [0.717, 1.165) is 5.56 Å². The molecule has 14 heavy (non-hydrogen) atoms. The Labute approximate surface area is 114 Å².